The molecule has 21 heavy (non-hydrogen) atoms. The molecule has 3 aliphatic heterocycles. The monoisotopic (exact) mass is 289 g/mol. The first-order valence-corrected chi connectivity index (χ1v) is 7.61. The average Bonchev–Trinajstić information content (AvgIpc) is 3.16. The number of morpholine rings is 1. The second kappa shape index (κ2) is 5.22. The molecular formula is C16H19NO4. The van der Waals surface area contributed by atoms with Gasteiger partial charge in [0.05, 0.1) is 32.8 Å². The van der Waals surface area contributed by atoms with Crippen molar-refractivity contribution in [1.82, 2.24) is 4.90 Å². The summed E-state index contributed by atoms with van der Waals surface area (Å²) in [6.45, 7) is 4.06. The number of fused-ring (bicyclic) bond motifs is 2. The quantitative estimate of drug-likeness (QED) is 0.813. The van der Waals surface area contributed by atoms with Gasteiger partial charge in [0.2, 0.25) is 5.91 Å². The van der Waals surface area contributed by atoms with Gasteiger partial charge in [-0.2, -0.15) is 0 Å². The van der Waals surface area contributed by atoms with Crippen LogP contribution in [0.1, 0.15) is 16.7 Å². The van der Waals surface area contributed by atoms with Gasteiger partial charge in [0, 0.05) is 42.6 Å². The molecule has 0 spiro atoms. The van der Waals surface area contributed by atoms with Gasteiger partial charge in [0.1, 0.15) is 11.5 Å². The summed E-state index contributed by atoms with van der Waals surface area (Å²) in [5.74, 6) is 2.04. The van der Waals surface area contributed by atoms with Gasteiger partial charge in [-0.05, 0) is 6.07 Å². The molecule has 3 heterocycles. The molecule has 0 bridgehead atoms. The first kappa shape index (κ1) is 13.0. The van der Waals surface area contributed by atoms with Crippen LogP contribution < -0.4 is 9.47 Å². The molecule has 0 aromatic heterocycles. The van der Waals surface area contributed by atoms with Crippen LogP contribution in [-0.4, -0.2) is 50.3 Å². The molecule has 4 rings (SSSR count). The highest BCUT2D eigenvalue weighted by molar-refractivity contribution is 5.81. The number of carbonyl (C=O) groups is 1. The van der Waals surface area contributed by atoms with Crippen molar-refractivity contribution in [2.24, 2.45) is 0 Å². The summed E-state index contributed by atoms with van der Waals surface area (Å²) >= 11 is 0. The molecule has 0 atom stereocenters. The molecule has 1 aromatic rings. The molecule has 1 fully saturated rings. The number of hydrogen-bond acceptors (Lipinski definition) is 4. The van der Waals surface area contributed by atoms with Crippen LogP contribution in [0.3, 0.4) is 0 Å². The smallest absolute Gasteiger partial charge is 0.227 e. The lowest BCUT2D eigenvalue weighted by Gasteiger charge is -2.27. The van der Waals surface area contributed by atoms with Gasteiger partial charge in [-0.3, -0.25) is 4.79 Å². The predicted octanol–water partition coefficient (Wildman–Crippen LogP) is 0.958. The number of hydrogen-bond donors (Lipinski definition) is 0. The van der Waals surface area contributed by atoms with Gasteiger partial charge in [-0.1, -0.05) is 0 Å². The molecule has 0 unspecified atom stereocenters. The Morgan fingerprint density at radius 1 is 1.10 bits per heavy atom. The second-order valence-corrected chi connectivity index (χ2v) is 5.69. The zero-order valence-electron chi connectivity index (χ0n) is 12.0. The van der Waals surface area contributed by atoms with E-state index in [1.165, 1.54) is 5.56 Å². The van der Waals surface area contributed by atoms with Crippen LogP contribution in [0.5, 0.6) is 11.5 Å². The van der Waals surface area contributed by atoms with E-state index in [-0.39, 0.29) is 5.91 Å². The minimum atomic E-state index is 0.163. The number of nitrogens with zero attached hydrogens (tertiary/aromatic N) is 1. The van der Waals surface area contributed by atoms with Crippen molar-refractivity contribution in [2.45, 2.75) is 19.3 Å². The SMILES string of the molecule is O=C(Cc1c2c(cc3c1OCC3)OCC2)N1CCOCC1. The third kappa shape index (κ3) is 2.25. The van der Waals surface area contributed by atoms with Crippen LogP contribution in [0.25, 0.3) is 0 Å². The third-order valence-electron chi connectivity index (χ3n) is 4.45. The van der Waals surface area contributed by atoms with Crippen molar-refractivity contribution in [2.75, 3.05) is 39.5 Å². The molecule has 3 aliphatic rings. The van der Waals surface area contributed by atoms with Crippen LogP contribution in [0.15, 0.2) is 6.07 Å². The Balaban J connectivity index is 1.64. The van der Waals surface area contributed by atoms with E-state index in [2.05, 4.69) is 6.07 Å². The minimum absolute atomic E-state index is 0.163. The summed E-state index contributed by atoms with van der Waals surface area (Å²) in [6, 6.07) is 2.09. The summed E-state index contributed by atoms with van der Waals surface area (Å²) in [7, 11) is 0. The van der Waals surface area contributed by atoms with Gasteiger partial charge in [-0.15, -0.1) is 0 Å². The Kier molecular flexibility index (Phi) is 3.22. The molecule has 1 saturated heterocycles. The van der Waals surface area contributed by atoms with Gasteiger partial charge in [-0.25, -0.2) is 0 Å². The maximum Gasteiger partial charge on any atom is 0.227 e. The Bertz CT molecular complexity index is 546. The molecule has 0 N–H and O–H groups in total. The lowest BCUT2D eigenvalue weighted by atomic mass is 9.97. The molecule has 0 aliphatic carbocycles. The van der Waals surface area contributed by atoms with Crippen molar-refractivity contribution in [3.63, 3.8) is 0 Å². The molecule has 1 aromatic carbocycles. The first-order chi connectivity index (χ1) is 10.3. The highest BCUT2D eigenvalue weighted by Crippen LogP contribution is 2.40. The lowest BCUT2D eigenvalue weighted by molar-refractivity contribution is -0.134. The molecule has 0 saturated carbocycles. The summed E-state index contributed by atoms with van der Waals surface area (Å²) in [4.78, 5) is 14.4. The normalized spacial score (nSPS) is 19.7. The van der Waals surface area contributed by atoms with E-state index < -0.39 is 0 Å². The summed E-state index contributed by atoms with van der Waals surface area (Å²) in [6.07, 6.45) is 2.19. The summed E-state index contributed by atoms with van der Waals surface area (Å²) in [5, 5.41) is 0. The van der Waals surface area contributed by atoms with Gasteiger partial charge < -0.3 is 19.1 Å². The molecule has 5 nitrogen and oxygen atoms in total. The molecule has 0 radical (unpaired) electrons. The topological polar surface area (TPSA) is 48.0 Å². The number of ether oxygens (including phenoxy) is 3. The fraction of sp³-hybridized carbons (Fsp3) is 0.562. The Labute approximate surface area is 123 Å². The number of amides is 1. The molecule has 5 heteroatoms. The fourth-order valence-electron chi connectivity index (χ4n) is 3.35. The largest absolute Gasteiger partial charge is 0.493 e. The van der Waals surface area contributed by atoms with Gasteiger partial charge in [0.25, 0.3) is 0 Å². The van der Waals surface area contributed by atoms with Crippen LogP contribution in [0, 0.1) is 0 Å². The summed E-state index contributed by atoms with van der Waals surface area (Å²) < 4.78 is 16.8. The van der Waals surface area contributed by atoms with Crippen LogP contribution in [0.2, 0.25) is 0 Å². The number of rotatable bonds is 2. The molecular weight excluding hydrogens is 270 g/mol. The van der Waals surface area contributed by atoms with Crippen molar-refractivity contribution in [3.8, 4) is 11.5 Å². The Morgan fingerprint density at radius 3 is 2.76 bits per heavy atom. The number of benzene rings is 1. The fourth-order valence-corrected chi connectivity index (χ4v) is 3.35. The Morgan fingerprint density at radius 2 is 1.90 bits per heavy atom. The van der Waals surface area contributed by atoms with E-state index in [9.17, 15) is 4.79 Å². The number of carbonyl (C=O) groups excluding carboxylic acids is 1. The second-order valence-electron chi connectivity index (χ2n) is 5.69. The highest BCUT2D eigenvalue weighted by Gasteiger charge is 2.29. The third-order valence-corrected chi connectivity index (χ3v) is 4.45. The van der Waals surface area contributed by atoms with Crippen LogP contribution in [-0.2, 0) is 28.8 Å². The van der Waals surface area contributed by atoms with E-state index >= 15 is 0 Å². The van der Waals surface area contributed by atoms with Crippen LogP contribution in [0.4, 0.5) is 0 Å². The van der Waals surface area contributed by atoms with Crippen molar-refractivity contribution >= 4 is 5.91 Å². The predicted molar refractivity (Wildman–Crippen MR) is 75.9 cm³/mol. The zero-order chi connectivity index (χ0) is 14.2. The van der Waals surface area contributed by atoms with Gasteiger partial charge >= 0.3 is 0 Å². The lowest BCUT2D eigenvalue weighted by Crippen LogP contribution is -2.41. The van der Waals surface area contributed by atoms with Gasteiger partial charge in [0.15, 0.2) is 0 Å². The van der Waals surface area contributed by atoms with E-state index in [4.69, 9.17) is 14.2 Å². The maximum absolute atomic E-state index is 12.5. The Hall–Kier alpha value is -1.75. The molecule has 1 amide bonds. The van der Waals surface area contributed by atoms with Crippen LogP contribution >= 0.6 is 0 Å². The minimum Gasteiger partial charge on any atom is -0.493 e. The first-order valence-electron chi connectivity index (χ1n) is 7.61. The molecule has 112 valence electrons. The van der Waals surface area contributed by atoms with E-state index in [1.54, 1.807) is 0 Å². The van der Waals surface area contributed by atoms with Crippen molar-refractivity contribution in [1.29, 1.82) is 0 Å². The zero-order valence-corrected chi connectivity index (χ0v) is 12.0. The summed E-state index contributed by atoms with van der Waals surface area (Å²) in [5.41, 5.74) is 3.40. The van der Waals surface area contributed by atoms with Crippen molar-refractivity contribution < 1.29 is 19.0 Å². The van der Waals surface area contributed by atoms with E-state index in [1.807, 2.05) is 4.90 Å². The maximum atomic E-state index is 12.5. The average molecular weight is 289 g/mol. The standard InChI is InChI=1S/C16H19NO4/c18-15(17-3-7-19-8-4-17)10-13-12-2-6-20-14(12)9-11-1-5-21-16(11)13/h9H,1-8,10H2. The van der Waals surface area contributed by atoms with E-state index in [0.29, 0.717) is 45.9 Å². The van der Waals surface area contributed by atoms with Crippen molar-refractivity contribution in [3.05, 3.63) is 22.8 Å². The highest BCUT2D eigenvalue weighted by atomic mass is 16.5. The van der Waals surface area contributed by atoms with E-state index in [0.717, 1.165) is 35.5 Å².